The molecule has 0 bridgehead atoms. The van der Waals surface area contributed by atoms with E-state index in [-0.39, 0.29) is 6.61 Å². The molecule has 0 unspecified atom stereocenters. The third-order valence-electron chi connectivity index (χ3n) is 1.84. The van der Waals surface area contributed by atoms with E-state index >= 15 is 0 Å². The number of benzene rings is 1. The first kappa shape index (κ1) is 12.2. The molecule has 15 heavy (non-hydrogen) atoms. The maximum atomic E-state index is 12.4. The van der Waals surface area contributed by atoms with E-state index in [0.717, 1.165) is 0 Å². The summed E-state index contributed by atoms with van der Waals surface area (Å²) in [5.74, 6) is 1.45. The lowest BCUT2D eigenvalue weighted by Gasteiger charge is -2.13. The van der Waals surface area contributed by atoms with Gasteiger partial charge in [-0.2, -0.15) is 0 Å². The van der Waals surface area contributed by atoms with Crippen molar-refractivity contribution >= 4 is 12.7 Å². The molecule has 4 heteroatoms. The van der Waals surface area contributed by atoms with Crippen LogP contribution >= 0.6 is 7.37 Å². The monoisotopic (exact) mass is 226 g/mol. The molecule has 0 aliphatic heterocycles. The Morgan fingerprint density at radius 3 is 2.60 bits per heavy atom. The summed E-state index contributed by atoms with van der Waals surface area (Å²) in [6.07, 6.45) is 1.45. The summed E-state index contributed by atoms with van der Waals surface area (Å²) >= 11 is 0. The molecule has 82 valence electrons. The summed E-state index contributed by atoms with van der Waals surface area (Å²) in [4.78, 5) is 0. The van der Waals surface area contributed by atoms with Crippen molar-refractivity contribution in [3.8, 4) is 0 Å². The third kappa shape index (κ3) is 3.31. The molecule has 0 amide bonds. The molecule has 0 aromatic heterocycles. The molecular weight excluding hydrogens is 211 g/mol. The Kier molecular flexibility index (Phi) is 4.76. The lowest BCUT2D eigenvalue weighted by atomic mass is 10.4. The summed E-state index contributed by atoms with van der Waals surface area (Å²) in [5, 5.41) is 9.33. The molecule has 0 radical (unpaired) electrons. The van der Waals surface area contributed by atoms with Gasteiger partial charge in [0, 0.05) is 11.1 Å². The minimum absolute atomic E-state index is 0.135. The first-order valence-electron chi connectivity index (χ1n) is 4.81. The van der Waals surface area contributed by atoms with Crippen LogP contribution in [0.1, 0.15) is 6.92 Å². The normalized spacial score (nSPS) is 15.3. The molecule has 0 fully saturated rings. The average Bonchev–Trinajstić information content (AvgIpc) is 2.28. The van der Waals surface area contributed by atoms with E-state index < -0.39 is 7.37 Å². The standard InChI is InChI=1S/C11H15O3P/c1-2-14-15(13,10-6-9-12)11-7-4-3-5-8-11/h3-8,10,12H,2,9H2,1H3/b10-6+/t15-/m0/s1. The summed E-state index contributed by atoms with van der Waals surface area (Å²) in [6.45, 7) is 2.04. The SMILES string of the molecule is CCO[P@@](=O)(/C=C/CO)c1ccccc1. The zero-order chi connectivity index (χ0) is 11.1. The lowest BCUT2D eigenvalue weighted by Crippen LogP contribution is -2.05. The van der Waals surface area contributed by atoms with Gasteiger partial charge in [-0.15, -0.1) is 0 Å². The van der Waals surface area contributed by atoms with Gasteiger partial charge < -0.3 is 9.63 Å². The molecule has 0 saturated carbocycles. The summed E-state index contributed by atoms with van der Waals surface area (Å²) in [5.41, 5.74) is 0. The van der Waals surface area contributed by atoms with Crippen LogP contribution in [-0.4, -0.2) is 18.3 Å². The van der Waals surface area contributed by atoms with E-state index in [1.165, 1.54) is 11.9 Å². The second-order valence-corrected chi connectivity index (χ2v) is 5.18. The van der Waals surface area contributed by atoms with E-state index in [0.29, 0.717) is 11.9 Å². The van der Waals surface area contributed by atoms with Crippen molar-refractivity contribution in [1.29, 1.82) is 0 Å². The molecule has 0 aliphatic carbocycles. The van der Waals surface area contributed by atoms with Crippen LogP contribution in [0.15, 0.2) is 42.2 Å². The molecule has 1 aromatic carbocycles. The molecule has 1 aromatic rings. The van der Waals surface area contributed by atoms with Crippen LogP contribution in [0.25, 0.3) is 0 Å². The van der Waals surface area contributed by atoms with E-state index in [9.17, 15) is 4.57 Å². The fraction of sp³-hybridized carbons (Fsp3) is 0.273. The van der Waals surface area contributed by atoms with Crippen molar-refractivity contribution in [2.24, 2.45) is 0 Å². The summed E-state index contributed by atoms with van der Waals surface area (Å²) < 4.78 is 17.6. The van der Waals surface area contributed by atoms with Crippen LogP contribution in [-0.2, 0) is 9.09 Å². The average molecular weight is 226 g/mol. The Hall–Kier alpha value is -0.890. The summed E-state index contributed by atoms with van der Waals surface area (Å²) in [7, 11) is -2.93. The topological polar surface area (TPSA) is 46.5 Å². The van der Waals surface area contributed by atoms with Gasteiger partial charge in [0.25, 0.3) is 7.37 Å². The molecule has 1 rings (SSSR count). The number of aliphatic hydroxyl groups excluding tert-OH is 1. The summed E-state index contributed by atoms with van der Waals surface area (Å²) in [6, 6.07) is 9.01. The van der Waals surface area contributed by atoms with Gasteiger partial charge in [0.1, 0.15) is 0 Å². The molecule has 3 nitrogen and oxygen atoms in total. The molecule has 0 heterocycles. The van der Waals surface area contributed by atoms with E-state index in [2.05, 4.69) is 0 Å². The second-order valence-electron chi connectivity index (χ2n) is 2.92. The molecule has 0 spiro atoms. The van der Waals surface area contributed by atoms with Gasteiger partial charge in [-0.1, -0.05) is 24.3 Å². The Morgan fingerprint density at radius 1 is 1.40 bits per heavy atom. The highest BCUT2D eigenvalue weighted by Crippen LogP contribution is 2.46. The minimum Gasteiger partial charge on any atom is -0.392 e. The zero-order valence-electron chi connectivity index (χ0n) is 8.67. The van der Waals surface area contributed by atoms with Crippen molar-refractivity contribution < 1.29 is 14.2 Å². The van der Waals surface area contributed by atoms with Crippen molar-refractivity contribution in [1.82, 2.24) is 0 Å². The lowest BCUT2D eigenvalue weighted by molar-refractivity contribution is 0.338. The van der Waals surface area contributed by atoms with Gasteiger partial charge >= 0.3 is 0 Å². The number of hydrogen-bond acceptors (Lipinski definition) is 3. The predicted octanol–water partition coefficient (Wildman–Crippen LogP) is 2.13. The van der Waals surface area contributed by atoms with Gasteiger partial charge in [-0.3, -0.25) is 4.57 Å². The van der Waals surface area contributed by atoms with E-state index in [1.807, 2.05) is 18.2 Å². The first-order valence-corrected chi connectivity index (χ1v) is 6.51. The predicted molar refractivity (Wildman–Crippen MR) is 61.5 cm³/mol. The minimum atomic E-state index is -2.93. The van der Waals surface area contributed by atoms with Gasteiger partial charge in [-0.25, -0.2) is 0 Å². The highest BCUT2D eigenvalue weighted by atomic mass is 31.2. The van der Waals surface area contributed by atoms with E-state index in [4.69, 9.17) is 9.63 Å². The quantitative estimate of drug-likeness (QED) is 0.782. The van der Waals surface area contributed by atoms with Gasteiger partial charge in [0.15, 0.2) is 0 Å². The molecule has 1 atom stereocenters. The van der Waals surface area contributed by atoms with Gasteiger partial charge in [-0.05, 0) is 19.1 Å². The van der Waals surface area contributed by atoms with Crippen LogP contribution in [0.3, 0.4) is 0 Å². The Balaban J connectivity index is 3.01. The van der Waals surface area contributed by atoms with Crippen LogP contribution < -0.4 is 5.30 Å². The highest BCUT2D eigenvalue weighted by molar-refractivity contribution is 7.70. The number of hydrogen-bond donors (Lipinski definition) is 1. The molecular formula is C11H15O3P. The third-order valence-corrected chi connectivity index (χ3v) is 4.11. The smallest absolute Gasteiger partial charge is 0.254 e. The largest absolute Gasteiger partial charge is 0.392 e. The van der Waals surface area contributed by atoms with Crippen LogP contribution in [0.5, 0.6) is 0 Å². The second kappa shape index (κ2) is 5.86. The number of rotatable bonds is 5. The first-order chi connectivity index (χ1) is 7.23. The Labute approximate surface area is 89.9 Å². The highest BCUT2D eigenvalue weighted by Gasteiger charge is 2.20. The maximum absolute atomic E-state index is 12.4. The van der Waals surface area contributed by atoms with Crippen LogP contribution in [0.4, 0.5) is 0 Å². The maximum Gasteiger partial charge on any atom is 0.254 e. The van der Waals surface area contributed by atoms with Crippen molar-refractivity contribution in [2.75, 3.05) is 13.2 Å². The van der Waals surface area contributed by atoms with Crippen LogP contribution in [0.2, 0.25) is 0 Å². The van der Waals surface area contributed by atoms with Gasteiger partial charge in [0.2, 0.25) is 0 Å². The number of aliphatic hydroxyl groups is 1. The van der Waals surface area contributed by atoms with Crippen LogP contribution in [0, 0.1) is 0 Å². The molecule has 1 N–H and O–H groups in total. The van der Waals surface area contributed by atoms with E-state index in [1.54, 1.807) is 19.1 Å². The van der Waals surface area contributed by atoms with Crippen molar-refractivity contribution in [3.05, 3.63) is 42.2 Å². The molecule has 0 aliphatic rings. The Bertz CT molecular complexity index is 359. The fourth-order valence-corrected chi connectivity index (χ4v) is 2.97. The van der Waals surface area contributed by atoms with Crippen molar-refractivity contribution in [2.45, 2.75) is 6.92 Å². The zero-order valence-corrected chi connectivity index (χ0v) is 9.56. The molecule has 0 saturated heterocycles. The Morgan fingerprint density at radius 2 is 2.07 bits per heavy atom. The van der Waals surface area contributed by atoms with Crippen molar-refractivity contribution in [3.63, 3.8) is 0 Å². The van der Waals surface area contributed by atoms with Gasteiger partial charge in [0.05, 0.1) is 13.2 Å². The fourth-order valence-electron chi connectivity index (χ4n) is 1.22.